The number of nitro groups is 1. The molecule has 3 aromatic heterocycles. The molecular formula is C20H17N7O4. The molecule has 0 aliphatic carbocycles. The number of amides is 2. The van der Waals surface area contributed by atoms with E-state index in [4.69, 9.17) is 0 Å². The second-order valence-electron chi connectivity index (χ2n) is 6.66. The minimum atomic E-state index is -0.590. The van der Waals surface area contributed by atoms with Crippen molar-refractivity contribution in [3.05, 3.63) is 88.6 Å². The number of rotatable bonds is 7. The number of aromatic nitrogens is 4. The first-order valence-electron chi connectivity index (χ1n) is 9.25. The van der Waals surface area contributed by atoms with Crippen molar-refractivity contribution in [2.24, 2.45) is 0 Å². The number of nitrogens with one attached hydrogen (secondary N) is 2. The topological polar surface area (TPSA) is 136 Å². The first-order chi connectivity index (χ1) is 15.0. The van der Waals surface area contributed by atoms with Gasteiger partial charge >= 0.3 is 0 Å². The smallest absolute Gasteiger partial charge is 0.270 e. The molecule has 0 bridgehead atoms. The molecule has 3 heterocycles. The van der Waals surface area contributed by atoms with Crippen molar-refractivity contribution < 1.29 is 14.5 Å². The highest BCUT2D eigenvalue weighted by Gasteiger charge is 2.13. The lowest BCUT2D eigenvalue weighted by Crippen LogP contribution is -2.32. The third-order valence-corrected chi connectivity index (χ3v) is 4.38. The summed E-state index contributed by atoms with van der Waals surface area (Å²) in [6.45, 7) is 0.139. The number of hydrogen-bond acceptors (Lipinski definition) is 6. The Labute approximate surface area is 175 Å². The van der Waals surface area contributed by atoms with Crippen LogP contribution in [0.5, 0.6) is 0 Å². The van der Waals surface area contributed by atoms with E-state index in [2.05, 4.69) is 20.7 Å². The molecule has 0 fully saturated rings. The molecule has 0 radical (unpaired) electrons. The van der Waals surface area contributed by atoms with Crippen LogP contribution in [0.15, 0.2) is 67.3 Å². The highest BCUT2D eigenvalue weighted by atomic mass is 16.6. The summed E-state index contributed by atoms with van der Waals surface area (Å²) in [5.41, 5.74) is 2.02. The number of pyridine rings is 1. The zero-order valence-electron chi connectivity index (χ0n) is 16.1. The molecule has 11 heteroatoms. The van der Waals surface area contributed by atoms with Gasteiger partial charge in [-0.05, 0) is 18.2 Å². The number of carbonyl (C=O) groups is 2. The Morgan fingerprint density at radius 1 is 1.13 bits per heavy atom. The molecule has 0 atom stereocenters. The summed E-state index contributed by atoms with van der Waals surface area (Å²) in [5.74, 6) is -1.03. The van der Waals surface area contributed by atoms with Crippen LogP contribution in [0, 0.1) is 10.1 Å². The van der Waals surface area contributed by atoms with Gasteiger partial charge in [-0.25, -0.2) is 4.98 Å². The number of nitro benzene ring substituents is 1. The van der Waals surface area contributed by atoms with Gasteiger partial charge in [-0.2, -0.15) is 5.10 Å². The first kappa shape index (κ1) is 19.8. The van der Waals surface area contributed by atoms with E-state index in [0.717, 1.165) is 17.4 Å². The number of anilines is 1. The number of carbonyl (C=O) groups excluding carboxylic acids is 2. The maximum absolute atomic E-state index is 12.1. The quantitative estimate of drug-likeness (QED) is 0.347. The van der Waals surface area contributed by atoms with Crippen molar-refractivity contribution in [2.45, 2.75) is 6.54 Å². The molecule has 0 saturated heterocycles. The monoisotopic (exact) mass is 419 g/mol. The normalized spacial score (nSPS) is 10.7. The van der Waals surface area contributed by atoms with Crippen molar-refractivity contribution in [1.82, 2.24) is 24.5 Å². The molecule has 0 saturated carbocycles. The van der Waals surface area contributed by atoms with Crippen LogP contribution in [0.4, 0.5) is 11.4 Å². The van der Waals surface area contributed by atoms with Crippen LogP contribution in [-0.2, 0) is 11.3 Å². The Bertz CT molecular complexity index is 1240. The summed E-state index contributed by atoms with van der Waals surface area (Å²) in [6, 6.07) is 11.0. The van der Waals surface area contributed by atoms with E-state index in [1.54, 1.807) is 10.9 Å². The summed E-state index contributed by atoms with van der Waals surface area (Å²) < 4.78 is 3.55. The zero-order valence-corrected chi connectivity index (χ0v) is 16.1. The van der Waals surface area contributed by atoms with Gasteiger partial charge in [0.15, 0.2) is 0 Å². The predicted molar refractivity (Wildman–Crippen MR) is 111 cm³/mol. The Morgan fingerprint density at radius 2 is 2.00 bits per heavy atom. The molecule has 2 N–H and O–H groups in total. The predicted octanol–water partition coefficient (Wildman–Crippen LogP) is 1.86. The molecule has 0 aliphatic rings. The average molecular weight is 419 g/mol. The van der Waals surface area contributed by atoms with Gasteiger partial charge in [0, 0.05) is 36.3 Å². The molecule has 4 aromatic rings. The molecule has 31 heavy (non-hydrogen) atoms. The molecule has 4 rings (SSSR count). The van der Waals surface area contributed by atoms with Crippen LogP contribution in [0.25, 0.3) is 5.65 Å². The Balaban J connectivity index is 1.31. The molecule has 0 spiro atoms. The van der Waals surface area contributed by atoms with Crippen LogP contribution in [-0.4, -0.2) is 42.4 Å². The average Bonchev–Trinajstić information content (AvgIpc) is 3.38. The fraction of sp³-hybridized carbons (Fsp3) is 0.100. The summed E-state index contributed by atoms with van der Waals surface area (Å²) in [6.07, 6.45) is 6.96. The van der Waals surface area contributed by atoms with Crippen LogP contribution < -0.4 is 10.6 Å². The maximum atomic E-state index is 12.1. The molecule has 2 amide bonds. The van der Waals surface area contributed by atoms with Crippen molar-refractivity contribution in [3.63, 3.8) is 0 Å². The highest BCUT2D eigenvalue weighted by molar-refractivity contribution is 5.99. The first-order valence-corrected chi connectivity index (χ1v) is 9.25. The van der Waals surface area contributed by atoms with Crippen molar-refractivity contribution in [1.29, 1.82) is 0 Å². The van der Waals surface area contributed by atoms with Gasteiger partial charge in [0.05, 0.1) is 35.6 Å². The van der Waals surface area contributed by atoms with Gasteiger partial charge in [-0.1, -0.05) is 12.1 Å². The maximum Gasteiger partial charge on any atom is 0.270 e. The van der Waals surface area contributed by atoms with E-state index in [1.807, 2.05) is 35.0 Å². The van der Waals surface area contributed by atoms with Gasteiger partial charge < -0.3 is 15.0 Å². The number of fused-ring (bicyclic) bond motifs is 1. The van der Waals surface area contributed by atoms with E-state index >= 15 is 0 Å². The van der Waals surface area contributed by atoms with E-state index in [9.17, 15) is 19.7 Å². The van der Waals surface area contributed by atoms with Crippen molar-refractivity contribution in [2.75, 3.05) is 11.9 Å². The van der Waals surface area contributed by atoms with Gasteiger partial charge in [0.1, 0.15) is 5.65 Å². The SMILES string of the molecule is O=C(CNC(=O)c1cccc([N+](=O)[O-])c1)Nc1cnn(Cc2cn3ccccc3n2)c1. The molecule has 0 aliphatic heterocycles. The number of imidazole rings is 1. The van der Waals surface area contributed by atoms with Gasteiger partial charge in [0.25, 0.3) is 11.6 Å². The molecular weight excluding hydrogens is 402 g/mol. The molecule has 1 aromatic carbocycles. The lowest BCUT2D eigenvalue weighted by molar-refractivity contribution is -0.384. The fourth-order valence-electron chi connectivity index (χ4n) is 2.97. The molecule has 0 unspecified atom stereocenters. The summed E-state index contributed by atoms with van der Waals surface area (Å²) >= 11 is 0. The van der Waals surface area contributed by atoms with Crippen LogP contribution in [0.1, 0.15) is 16.1 Å². The second kappa shape index (κ2) is 8.45. The number of nitrogens with zero attached hydrogens (tertiary/aromatic N) is 5. The zero-order chi connectivity index (χ0) is 21.8. The Kier molecular flexibility index (Phi) is 5.39. The minimum absolute atomic E-state index is 0.0993. The molecule has 11 nitrogen and oxygen atoms in total. The van der Waals surface area contributed by atoms with Gasteiger partial charge in [0.2, 0.25) is 5.91 Å². The van der Waals surface area contributed by atoms with E-state index < -0.39 is 16.7 Å². The van der Waals surface area contributed by atoms with E-state index in [-0.39, 0.29) is 17.8 Å². The highest BCUT2D eigenvalue weighted by Crippen LogP contribution is 2.13. The van der Waals surface area contributed by atoms with E-state index in [0.29, 0.717) is 12.2 Å². The lowest BCUT2D eigenvalue weighted by atomic mass is 10.2. The largest absolute Gasteiger partial charge is 0.343 e. The fourth-order valence-corrected chi connectivity index (χ4v) is 2.97. The van der Waals surface area contributed by atoms with Gasteiger partial charge in [-0.15, -0.1) is 0 Å². The van der Waals surface area contributed by atoms with Crippen molar-refractivity contribution >= 4 is 28.8 Å². The number of non-ortho nitro benzene ring substituents is 1. The van der Waals surface area contributed by atoms with Crippen LogP contribution >= 0.6 is 0 Å². The minimum Gasteiger partial charge on any atom is -0.343 e. The standard InChI is InChI=1S/C20H17N7O4/c28-19(10-21-20(29)14-4-3-5-17(8-14)27(30)31)24-15-9-22-26(12-15)13-16-11-25-7-2-1-6-18(25)23-16/h1-9,11-12H,10,13H2,(H,21,29)(H,24,28). The van der Waals surface area contributed by atoms with Crippen LogP contribution in [0.3, 0.4) is 0 Å². The van der Waals surface area contributed by atoms with E-state index in [1.165, 1.54) is 24.4 Å². The number of benzene rings is 1. The second-order valence-corrected chi connectivity index (χ2v) is 6.66. The Morgan fingerprint density at radius 3 is 2.81 bits per heavy atom. The third-order valence-electron chi connectivity index (χ3n) is 4.38. The van der Waals surface area contributed by atoms with Gasteiger partial charge in [-0.3, -0.25) is 24.4 Å². The lowest BCUT2D eigenvalue weighted by Gasteiger charge is -2.05. The Hall–Kier alpha value is -4.54. The molecule has 156 valence electrons. The summed E-state index contributed by atoms with van der Waals surface area (Å²) in [5, 5.41) is 20.1. The van der Waals surface area contributed by atoms with Crippen LogP contribution in [0.2, 0.25) is 0 Å². The number of hydrogen-bond donors (Lipinski definition) is 2. The third kappa shape index (κ3) is 4.72. The summed E-state index contributed by atoms with van der Waals surface area (Å²) in [7, 11) is 0. The summed E-state index contributed by atoms with van der Waals surface area (Å²) in [4.78, 5) is 39.0. The van der Waals surface area contributed by atoms with Crippen molar-refractivity contribution in [3.8, 4) is 0 Å².